The summed E-state index contributed by atoms with van der Waals surface area (Å²) in [5, 5.41) is 3.97. The molecule has 0 spiro atoms. The molecular formula is C20H25N5OS. The van der Waals surface area contributed by atoms with Crippen molar-refractivity contribution in [2.45, 2.75) is 33.2 Å². The van der Waals surface area contributed by atoms with Crippen LogP contribution in [0.4, 0.5) is 0 Å². The second-order valence-corrected chi connectivity index (χ2v) is 8.33. The Bertz CT molecular complexity index is 927. The number of carbonyl (C=O) groups is 1. The lowest BCUT2D eigenvalue weighted by Gasteiger charge is -2.32. The highest BCUT2D eigenvalue weighted by Crippen LogP contribution is 2.23. The number of aryl methyl sites for hydroxylation is 2. The highest BCUT2D eigenvalue weighted by Gasteiger charge is 2.23. The van der Waals surface area contributed by atoms with Gasteiger partial charge in [0.1, 0.15) is 5.69 Å². The second kappa shape index (κ2) is 7.78. The summed E-state index contributed by atoms with van der Waals surface area (Å²) in [6, 6.07) is 3.79. The van der Waals surface area contributed by atoms with E-state index in [1.807, 2.05) is 18.3 Å². The Morgan fingerprint density at radius 1 is 1.41 bits per heavy atom. The summed E-state index contributed by atoms with van der Waals surface area (Å²) in [5.74, 6) is 0.381. The van der Waals surface area contributed by atoms with Gasteiger partial charge in [-0.3, -0.25) is 14.7 Å². The van der Waals surface area contributed by atoms with Crippen LogP contribution in [0.3, 0.4) is 0 Å². The zero-order valence-electron chi connectivity index (χ0n) is 15.8. The molecule has 0 aliphatic carbocycles. The predicted molar refractivity (Wildman–Crippen MR) is 108 cm³/mol. The molecule has 1 aliphatic heterocycles. The minimum Gasteiger partial charge on any atom is -0.361 e. The Hall–Kier alpha value is -2.25. The standard InChI is InChI=1S/C20H25N5OS/c1-13-17(14(2)27-24-13)12-25-9-3-4-15(11-25)10-23-20(26)19-16-5-7-21-18(16)6-8-22-19/h5-8,15,21H,3-4,9-12H2,1-2H3,(H,23,26). The molecule has 27 heavy (non-hydrogen) atoms. The first-order valence-electron chi connectivity index (χ1n) is 9.46. The number of hydrogen-bond donors (Lipinski definition) is 2. The SMILES string of the molecule is Cc1nsc(C)c1CN1CCCC(CNC(=O)c2nccc3[nH]ccc23)C1. The van der Waals surface area contributed by atoms with Gasteiger partial charge in [0, 0.05) is 53.4 Å². The number of nitrogens with zero attached hydrogens (tertiary/aromatic N) is 3. The third-order valence-electron chi connectivity index (χ3n) is 5.41. The molecule has 6 nitrogen and oxygen atoms in total. The van der Waals surface area contributed by atoms with Crippen molar-refractivity contribution >= 4 is 28.3 Å². The third kappa shape index (κ3) is 3.89. The van der Waals surface area contributed by atoms with Gasteiger partial charge in [-0.15, -0.1) is 0 Å². The van der Waals surface area contributed by atoms with Crippen LogP contribution in [-0.4, -0.2) is 44.8 Å². The van der Waals surface area contributed by atoms with Crippen LogP contribution in [-0.2, 0) is 6.54 Å². The fraction of sp³-hybridized carbons (Fsp3) is 0.450. The quantitative estimate of drug-likeness (QED) is 0.709. The van der Waals surface area contributed by atoms with E-state index in [-0.39, 0.29) is 5.91 Å². The Kier molecular flexibility index (Phi) is 5.22. The molecule has 1 aliphatic rings. The van der Waals surface area contributed by atoms with E-state index in [1.165, 1.54) is 16.9 Å². The highest BCUT2D eigenvalue weighted by molar-refractivity contribution is 7.05. The van der Waals surface area contributed by atoms with Crippen molar-refractivity contribution in [2.75, 3.05) is 19.6 Å². The van der Waals surface area contributed by atoms with E-state index in [0.717, 1.165) is 42.7 Å². The summed E-state index contributed by atoms with van der Waals surface area (Å²) in [4.78, 5) is 23.8. The first-order chi connectivity index (χ1) is 13.1. The molecule has 4 heterocycles. The van der Waals surface area contributed by atoms with Crippen molar-refractivity contribution in [1.82, 2.24) is 24.6 Å². The molecule has 0 radical (unpaired) electrons. The fourth-order valence-electron chi connectivity index (χ4n) is 3.90. The monoisotopic (exact) mass is 383 g/mol. The summed E-state index contributed by atoms with van der Waals surface area (Å²) in [6.07, 6.45) is 5.83. The average Bonchev–Trinajstić information content (AvgIpc) is 3.28. The Labute approximate surface area is 163 Å². The number of amides is 1. The smallest absolute Gasteiger partial charge is 0.270 e. The van der Waals surface area contributed by atoms with Crippen molar-refractivity contribution in [3.8, 4) is 0 Å². The lowest BCUT2D eigenvalue weighted by atomic mass is 9.97. The van der Waals surface area contributed by atoms with Gasteiger partial charge in [-0.25, -0.2) is 0 Å². The molecule has 3 aromatic heterocycles. The van der Waals surface area contributed by atoms with E-state index in [1.54, 1.807) is 17.7 Å². The molecule has 1 saturated heterocycles. The van der Waals surface area contributed by atoms with Crippen LogP contribution in [0.15, 0.2) is 24.5 Å². The third-order valence-corrected chi connectivity index (χ3v) is 6.30. The summed E-state index contributed by atoms with van der Waals surface area (Å²) in [5.41, 5.74) is 3.96. The van der Waals surface area contributed by atoms with Gasteiger partial charge >= 0.3 is 0 Å². The predicted octanol–water partition coefficient (Wildman–Crippen LogP) is 3.28. The number of aromatic amines is 1. The number of pyridine rings is 1. The maximum Gasteiger partial charge on any atom is 0.270 e. The molecule has 1 amide bonds. The molecule has 0 aromatic carbocycles. The maximum absolute atomic E-state index is 12.6. The fourth-order valence-corrected chi connectivity index (χ4v) is 4.60. The van der Waals surface area contributed by atoms with Crippen LogP contribution in [0, 0.1) is 19.8 Å². The number of H-pyrrole nitrogens is 1. The lowest BCUT2D eigenvalue weighted by molar-refractivity contribution is 0.0927. The van der Waals surface area contributed by atoms with Crippen LogP contribution in [0.1, 0.15) is 39.5 Å². The van der Waals surface area contributed by atoms with Gasteiger partial charge in [-0.1, -0.05) is 0 Å². The van der Waals surface area contributed by atoms with Gasteiger partial charge in [0.25, 0.3) is 5.91 Å². The number of rotatable bonds is 5. The summed E-state index contributed by atoms with van der Waals surface area (Å²) < 4.78 is 4.46. The average molecular weight is 384 g/mol. The van der Waals surface area contributed by atoms with Crippen molar-refractivity contribution < 1.29 is 4.79 Å². The number of aromatic nitrogens is 3. The molecule has 0 saturated carbocycles. The minimum absolute atomic E-state index is 0.0916. The van der Waals surface area contributed by atoms with Crippen LogP contribution < -0.4 is 5.32 Å². The van der Waals surface area contributed by atoms with Crippen LogP contribution in [0.2, 0.25) is 0 Å². The van der Waals surface area contributed by atoms with E-state index in [4.69, 9.17) is 0 Å². The molecular weight excluding hydrogens is 358 g/mol. The van der Waals surface area contributed by atoms with Gasteiger partial charge in [-0.2, -0.15) is 4.37 Å². The highest BCUT2D eigenvalue weighted by atomic mass is 32.1. The first kappa shape index (κ1) is 18.1. The summed E-state index contributed by atoms with van der Waals surface area (Å²) in [6.45, 7) is 8.02. The minimum atomic E-state index is -0.0916. The molecule has 1 atom stereocenters. The van der Waals surface area contributed by atoms with E-state index in [2.05, 4.69) is 38.4 Å². The van der Waals surface area contributed by atoms with E-state index >= 15 is 0 Å². The van der Waals surface area contributed by atoms with E-state index in [0.29, 0.717) is 18.2 Å². The molecule has 3 aromatic rings. The van der Waals surface area contributed by atoms with Gasteiger partial charge in [-0.05, 0) is 62.8 Å². The summed E-state index contributed by atoms with van der Waals surface area (Å²) in [7, 11) is 0. The van der Waals surface area contributed by atoms with Crippen molar-refractivity contribution in [1.29, 1.82) is 0 Å². The molecule has 2 N–H and O–H groups in total. The Morgan fingerprint density at radius 3 is 3.11 bits per heavy atom. The van der Waals surface area contributed by atoms with Gasteiger partial charge in [0.15, 0.2) is 0 Å². The number of fused-ring (bicyclic) bond motifs is 1. The van der Waals surface area contributed by atoms with Gasteiger partial charge < -0.3 is 10.3 Å². The van der Waals surface area contributed by atoms with E-state index < -0.39 is 0 Å². The topological polar surface area (TPSA) is 73.9 Å². The molecule has 1 unspecified atom stereocenters. The summed E-state index contributed by atoms with van der Waals surface area (Å²) >= 11 is 1.59. The van der Waals surface area contributed by atoms with Gasteiger partial charge in [0.05, 0.1) is 5.69 Å². The number of nitrogens with one attached hydrogen (secondary N) is 2. The largest absolute Gasteiger partial charge is 0.361 e. The number of hydrogen-bond acceptors (Lipinski definition) is 5. The van der Waals surface area contributed by atoms with Crippen molar-refractivity contribution in [3.05, 3.63) is 46.4 Å². The Balaban J connectivity index is 1.35. The molecule has 1 fully saturated rings. The van der Waals surface area contributed by atoms with Gasteiger partial charge in [0.2, 0.25) is 0 Å². The molecule has 142 valence electrons. The Morgan fingerprint density at radius 2 is 2.30 bits per heavy atom. The lowest BCUT2D eigenvalue weighted by Crippen LogP contribution is -2.40. The maximum atomic E-state index is 12.6. The molecule has 4 rings (SSSR count). The number of carbonyl (C=O) groups excluding carboxylic acids is 1. The zero-order valence-corrected chi connectivity index (χ0v) is 16.6. The number of piperidine rings is 1. The van der Waals surface area contributed by atoms with Crippen LogP contribution >= 0.6 is 11.5 Å². The van der Waals surface area contributed by atoms with Crippen molar-refractivity contribution in [2.24, 2.45) is 5.92 Å². The van der Waals surface area contributed by atoms with Crippen LogP contribution in [0.5, 0.6) is 0 Å². The van der Waals surface area contributed by atoms with E-state index in [9.17, 15) is 4.79 Å². The zero-order chi connectivity index (χ0) is 18.8. The normalized spacial score (nSPS) is 18.1. The van der Waals surface area contributed by atoms with Crippen LogP contribution in [0.25, 0.3) is 10.9 Å². The number of likely N-dealkylation sites (tertiary alicyclic amines) is 1. The first-order valence-corrected chi connectivity index (χ1v) is 10.2. The molecule has 7 heteroatoms. The second-order valence-electron chi connectivity index (χ2n) is 7.35. The van der Waals surface area contributed by atoms with Crippen molar-refractivity contribution in [3.63, 3.8) is 0 Å². The molecule has 0 bridgehead atoms.